The number of hydrogen-bond donors (Lipinski definition) is 3. The number of halogens is 1. The Morgan fingerprint density at radius 3 is 3.21 bits per heavy atom. The van der Waals surface area contributed by atoms with E-state index in [0.717, 1.165) is 11.4 Å². The smallest absolute Gasteiger partial charge is 0.243 e. The molecule has 3 rings (SSSR count). The van der Waals surface area contributed by atoms with E-state index < -0.39 is 0 Å². The molecule has 1 amide bonds. The monoisotopic (exact) mass is 277 g/mol. The lowest BCUT2D eigenvalue weighted by Gasteiger charge is -2.22. The Kier molecular flexibility index (Phi) is 3.18. The van der Waals surface area contributed by atoms with E-state index in [4.69, 9.17) is 11.6 Å². The van der Waals surface area contributed by atoms with Gasteiger partial charge in [-0.1, -0.05) is 11.6 Å². The average molecular weight is 278 g/mol. The fourth-order valence-electron chi connectivity index (χ4n) is 2.04. The van der Waals surface area contributed by atoms with Gasteiger partial charge in [0.05, 0.1) is 28.8 Å². The minimum atomic E-state index is -0.325. The Morgan fingerprint density at radius 2 is 2.37 bits per heavy atom. The van der Waals surface area contributed by atoms with Gasteiger partial charge < -0.3 is 10.3 Å². The molecule has 19 heavy (non-hydrogen) atoms. The summed E-state index contributed by atoms with van der Waals surface area (Å²) in [5.41, 5.74) is 1.95. The molecule has 0 saturated carbocycles. The predicted molar refractivity (Wildman–Crippen MR) is 70.8 cm³/mol. The number of aromatic amines is 1. The van der Waals surface area contributed by atoms with Crippen molar-refractivity contribution >= 4 is 23.3 Å². The van der Waals surface area contributed by atoms with Gasteiger partial charge in [0.2, 0.25) is 5.91 Å². The van der Waals surface area contributed by atoms with E-state index in [2.05, 4.69) is 25.6 Å². The van der Waals surface area contributed by atoms with Crippen LogP contribution in [0.15, 0.2) is 24.7 Å². The minimum absolute atomic E-state index is 0.158. The van der Waals surface area contributed by atoms with Gasteiger partial charge in [-0.2, -0.15) is 0 Å². The maximum absolute atomic E-state index is 12.1. The Bertz CT molecular complexity index is 612. The van der Waals surface area contributed by atoms with Crippen LogP contribution < -0.4 is 10.6 Å². The lowest BCUT2D eigenvalue weighted by molar-refractivity contribution is -0.118. The summed E-state index contributed by atoms with van der Waals surface area (Å²) < 4.78 is 0. The predicted octanol–water partition coefficient (Wildman–Crippen LogP) is 1.11. The molecule has 98 valence electrons. The van der Waals surface area contributed by atoms with Crippen LogP contribution in [0.4, 0.5) is 5.82 Å². The van der Waals surface area contributed by atoms with Crippen molar-refractivity contribution in [2.45, 2.75) is 19.0 Å². The van der Waals surface area contributed by atoms with E-state index in [-0.39, 0.29) is 11.9 Å². The first kappa shape index (κ1) is 12.1. The van der Waals surface area contributed by atoms with E-state index in [0.29, 0.717) is 23.8 Å². The number of amides is 1. The summed E-state index contributed by atoms with van der Waals surface area (Å²) in [5, 5.41) is 6.29. The fraction of sp³-hybridized carbons (Fsp3) is 0.250. The van der Waals surface area contributed by atoms with E-state index in [1.807, 2.05) is 0 Å². The number of hydrogen-bond acceptors (Lipinski definition) is 4. The standard InChI is InChI=1S/C12H12ClN5O/c13-7-2-1-3-14-11(7)18-12(19)9-4-8-10(5-15-9)17-6-16-8/h1-3,6,9,15H,4-5H2,(H,16,17)(H,14,18,19). The van der Waals surface area contributed by atoms with Crippen molar-refractivity contribution in [1.29, 1.82) is 0 Å². The number of carbonyl (C=O) groups excluding carboxylic acids is 1. The topological polar surface area (TPSA) is 82.7 Å². The van der Waals surface area contributed by atoms with Gasteiger partial charge in [0.25, 0.3) is 0 Å². The summed E-state index contributed by atoms with van der Waals surface area (Å²) in [6, 6.07) is 3.07. The minimum Gasteiger partial charge on any atom is -0.347 e. The molecule has 0 bridgehead atoms. The molecule has 6 nitrogen and oxygen atoms in total. The molecule has 7 heteroatoms. The molecule has 1 atom stereocenters. The largest absolute Gasteiger partial charge is 0.347 e. The van der Waals surface area contributed by atoms with E-state index in [1.165, 1.54) is 0 Å². The summed E-state index contributed by atoms with van der Waals surface area (Å²) >= 11 is 5.96. The molecule has 2 aromatic rings. The zero-order valence-electron chi connectivity index (χ0n) is 9.98. The third kappa shape index (κ3) is 2.45. The van der Waals surface area contributed by atoms with Crippen molar-refractivity contribution in [2.75, 3.05) is 5.32 Å². The number of fused-ring (bicyclic) bond motifs is 1. The van der Waals surface area contributed by atoms with Crippen molar-refractivity contribution in [2.24, 2.45) is 0 Å². The molecular formula is C12H12ClN5O. The van der Waals surface area contributed by atoms with Crippen molar-refractivity contribution in [3.63, 3.8) is 0 Å². The summed E-state index contributed by atoms with van der Waals surface area (Å²) in [7, 11) is 0. The highest BCUT2D eigenvalue weighted by molar-refractivity contribution is 6.33. The van der Waals surface area contributed by atoms with Crippen LogP contribution >= 0.6 is 11.6 Å². The molecule has 0 aromatic carbocycles. The molecular weight excluding hydrogens is 266 g/mol. The fourth-order valence-corrected chi connectivity index (χ4v) is 2.20. The summed E-state index contributed by atoms with van der Waals surface area (Å²) in [6.07, 6.45) is 3.78. The Hall–Kier alpha value is -1.92. The van der Waals surface area contributed by atoms with Gasteiger partial charge in [-0.25, -0.2) is 9.97 Å². The molecule has 0 spiro atoms. The van der Waals surface area contributed by atoms with Gasteiger partial charge in [-0.05, 0) is 12.1 Å². The molecule has 0 aliphatic carbocycles. The zero-order valence-corrected chi connectivity index (χ0v) is 10.7. The highest BCUT2D eigenvalue weighted by atomic mass is 35.5. The van der Waals surface area contributed by atoms with Gasteiger partial charge in [-0.3, -0.25) is 10.1 Å². The van der Waals surface area contributed by atoms with E-state index >= 15 is 0 Å². The van der Waals surface area contributed by atoms with Crippen molar-refractivity contribution < 1.29 is 4.79 Å². The average Bonchev–Trinajstić information content (AvgIpc) is 2.88. The van der Waals surface area contributed by atoms with Crippen LogP contribution in [0, 0.1) is 0 Å². The van der Waals surface area contributed by atoms with Gasteiger partial charge in [0.1, 0.15) is 0 Å². The first-order chi connectivity index (χ1) is 9.24. The molecule has 1 aliphatic heterocycles. The number of imidazole rings is 1. The van der Waals surface area contributed by atoms with Crippen LogP contribution in [0.3, 0.4) is 0 Å². The second kappa shape index (κ2) is 4.99. The van der Waals surface area contributed by atoms with Crippen molar-refractivity contribution in [1.82, 2.24) is 20.3 Å². The van der Waals surface area contributed by atoms with Gasteiger partial charge >= 0.3 is 0 Å². The van der Waals surface area contributed by atoms with Crippen molar-refractivity contribution in [3.05, 3.63) is 41.1 Å². The Labute approximate surface area is 114 Å². The molecule has 0 fully saturated rings. The number of rotatable bonds is 2. The summed E-state index contributed by atoms with van der Waals surface area (Å²) in [5.74, 6) is 0.220. The number of carbonyl (C=O) groups is 1. The molecule has 1 aliphatic rings. The summed E-state index contributed by atoms with van der Waals surface area (Å²) in [4.78, 5) is 23.4. The number of anilines is 1. The second-order valence-corrected chi connectivity index (χ2v) is 4.70. The van der Waals surface area contributed by atoms with Gasteiger partial charge in [-0.15, -0.1) is 0 Å². The third-order valence-electron chi connectivity index (χ3n) is 3.05. The van der Waals surface area contributed by atoms with Crippen molar-refractivity contribution in [3.8, 4) is 0 Å². The second-order valence-electron chi connectivity index (χ2n) is 4.29. The third-order valence-corrected chi connectivity index (χ3v) is 3.35. The molecule has 3 N–H and O–H groups in total. The quantitative estimate of drug-likeness (QED) is 0.768. The van der Waals surface area contributed by atoms with Crippen LogP contribution in [0.5, 0.6) is 0 Å². The zero-order chi connectivity index (χ0) is 13.2. The molecule has 2 aromatic heterocycles. The number of pyridine rings is 1. The van der Waals surface area contributed by atoms with E-state index in [9.17, 15) is 4.79 Å². The van der Waals surface area contributed by atoms with Gasteiger partial charge in [0.15, 0.2) is 5.82 Å². The highest BCUT2D eigenvalue weighted by Gasteiger charge is 2.26. The number of nitrogens with zero attached hydrogens (tertiary/aromatic N) is 2. The van der Waals surface area contributed by atoms with Crippen LogP contribution in [0.2, 0.25) is 5.02 Å². The maximum Gasteiger partial charge on any atom is 0.243 e. The molecule has 0 radical (unpaired) electrons. The number of nitrogens with one attached hydrogen (secondary N) is 3. The maximum atomic E-state index is 12.1. The molecule has 0 saturated heterocycles. The van der Waals surface area contributed by atoms with Crippen LogP contribution in [0.1, 0.15) is 11.4 Å². The normalized spacial score (nSPS) is 17.8. The number of H-pyrrole nitrogens is 1. The van der Waals surface area contributed by atoms with Gasteiger partial charge in [0, 0.05) is 19.2 Å². The number of aromatic nitrogens is 3. The lowest BCUT2D eigenvalue weighted by atomic mass is 10.0. The Balaban J connectivity index is 1.71. The van der Waals surface area contributed by atoms with Crippen LogP contribution in [0.25, 0.3) is 0 Å². The summed E-state index contributed by atoms with van der Waals surface area (Å²) in [6.45, 7) is 0.601. The first-order valence-electron chi connectivity index (χ1n) is 5.90. The first-order valence-corrected chi connectivity index (χ1v) is 6.27. The Morgan fingerprint density at radius 1 is 1.47 bits per heavy atom. The van der Waals surface area contributed by atoms with Crippen LogP contribution in [-0.2, 0) is 17.8 Å². The highest BCUT2D eigenvalue weighted by Crippen LogP contribution is 2.19. The lowest BCUT2D eigenvalue weighted by Crippen LogP contribution is -2.44. The van der Waals surface area contributed by atoms with E-state index in [1.54, 1.807) is 24.7 Å². The molecule has 1 unspecified atom stereocenters. The SMILES string of the molecule is O=C(Nc1ncccc1Cl)C1Cc2nc[nH]c2CN1. The van der Waals surface area contributed by atoms with Crippen LogP contribution in [-0.4, -0.2) is 26.9 Å². The molecule has 3 heterocycles.